The normalized spacial score (nSPS) is 11.8. The number of ether oxygens (including phenoxy) is 3. The highest BCUT2D eigenvalue weighted by Crippen LogP contribution is 2.34. The van der Waals surface area contributed by atoms with Crippen LogP contribution in [0.1, 0.15) is 47.5 Å². The Hall–Kier alpha value is -2.90. The molecule has 8 heteroatoms. The van der Waals surface area contributed by atoms with Crippen LogP contribution in [0.3, 0.4) is 0 Å². The number of carbonyl (C=O) groups excluding carboxylic acids is 2. The second-order valence-corrected chi connectivity index (χ2v) is 8.77. The number of rotatable bonds is 8. The smallest absolute Gasteiger partial charge is 0.311 e. The second-order valence-electron chi connectivity index (χ2n) is 8.77. The van der Waals surface area contributed by atoms with Crippen LogP contribution in [0.15, 0.2) is 18.5 Å². The Balaban J connectivity index is 2.08. The minimum Gasteiger partial charge on any atom is -0.493 e. The van der Waals surface area contributed by atoms with E-state index in [1.807, 2.05) is 34.6 Å². The van der Waals surface area contributed by atoms with Crippen molar-refractivity contribution in [1.82, 2.24) is 9.97 Å². The average molecular weight is 418 g/mol. The molecule has 0 radical (unpaired) electrons. The first-order valence-corrected chi connectivity index (χ1v) is 9.85. The number of benzene rings is 1. The number of nitrogens with one attached hydrogen (secondary N) is 1. The van der Waals surface area contributed by atoms with Crippen molar-refractivity contribution in [1.29, 1.82) is 0 Å². The summed E-state index contributed by atoms with van der Waals surface area (Å²) in [6.45, 7) is 9.40. The van der Waals surface area contributed by atoms with E-state index in [4.69, 9.17) is 14.2 Å². The summed E-state index contributed by atoms with van der Waals surface area (Å²) in [5.41, 5.74) is -0.586. The van der Waals surface area contributed by atoms with Crippen LogP contribution in [0, 0.1) is 10.8 Å². The number of amides is 1. The van der Waals surface area contributed by atoms with E-state index in [-0.39, 0.29) is 18.5 Å². The van der Waals surface area contributed by atoms with Gasteiger partial charge < -0.3 is 19.5 Å². The topological polar surface area (TPSA) is 99.6 Å². The lowest BCUT2D eigenvalue weighted by Gasteiger charge is -2.24. The first kappa shape index (κ1) is 23.4. The first-order valence-electron chi connectivity index (χ1n) is 9.85. The summed E-state index contributed by atoms with van der Waals surface area (Å²) >= 11 is 0. The van der Waals surface area contributed by atoms with Crippen LogP contribution in [0.4, 0.5) is 5.82 Å². The standard InChI is InChI=1S/C22H31N3O5/c1-21(2,3)20(27)30-10-8-9-22(4,5)19(26)25-18-14-11-16(28-6)17(29-7)12-15(14)23-13-24-18/h11-13H,8-10H2,1-7H3,(H,23,24,25,26). The maximum absolute atomic E-state index is 12.9. The van der Waals surface area contributed by atoms with E-state index in [1.165, 1.54) is 6.33 Å². The molecule has 1 N–H and O–H groups in total. The number of fused-ring (bicyclic) bond motifs is 1. The summed E-state index contributed by atoms with van der Waals surface area (Å²) in [7, 11) is 3.09. The average Bonchev–Trinajstić information content (AvgIpc) is 2.69. The number of hydrogen-bond donors (Lipinski definition) is 1. The molecule has 1 heterocycles. The van der Waals surface area contributed by atoms with Gasteiger partial charge >= 0.3 is 5.97 Å². The molecule has 1 aromatic heterocycles. The maximum atomic E-state index is 12.9. The predicted molar refractivity (Wildman–Crippen MR) is 115 cm³/mol. The summed E-state index contributed by atoms with van der Waals surface area (Å²) in [6, 6.07) is 3.48. The molecule has 164 valence electrons. The number of anilines is 1. The lowest BCUT2D eigenvalue weighted by atomic mass is 9.87. The van der Waals surface area contributed by atoms with Gasteiger partial charge in [0, 0.05) is 16.9 Å². The molecule has 0 aliphatic rings. The SMILES string of the molecule is COc1cc2ncnc(NC(=O)C(C)(C)CCCOC(=O)C(C)(C)C)c2cc1OC. The molecule has 0 aliphatic heterocycles. The third kappa shape index (κ3) is 5.58. The number of nitrogens with zero attached hydrogens (tertiary/aromatic N) is 2. The molecule has 0 saturated carbocycles. The van der Waals surface area contributed by atoms with Gasteiger partial charge in [0.2, 0.25) is 5.91 Å². The highest BCUT2D eigenvalue weighted by atomic mass is 16.5. The molecule has 0 fully saturated rings. The largest absolute Gasteiger partial charge is 0.493 e. The molecule has 30 heavy (non-hydrogen) atoms. The highest BCUT2D eigenvalue weighted by Gasteiger charge is 2.29. The maximum Gasteiger partial charge on any atom is 0.311 e. The fourth-order valence-electron chi connectivity index (χ4n) is 2.77. The van der Waals surface area contributed by atoms with Crippen LogP contribution >= 0.6 is 0 Å². The van der Waals surface area contributed by atoms with Crippen LogP contribution in [-0.4, -0.2) is 42.7 Å². The summed E-state index contributed by atoms with van der Waals surface area (Å²) in [6.07, 6.45) is 2.52. The van der Waals surface area contributed by atoms with Gasteiger partial charge in [0.15, 0.2) is 11.5 Å². The van der Waals surface area contributed by atoms with Crippen molar-refractivity contribution >= 4 is 28.6 Å². The molecule has 0 aliphatic carbocycles. The predicted octanol–water partition coefficient (Wildman–Crippen LogP) is 3.98. The number of esters is 1. The van der Waals surface area contributed by atoms with Gasteiger partial charge in [-0.2, -0.15) is 0 Å². The van der Waals surface area contributed by atoms with E-state index in [0.717, 1.165) is 0 Å². The zero-order valence-corrected chi connectivity index (χ0v) is 18.8. The van der Waals surface area contributed by atoms with E-state index >= 15 is 0 Å². The lowest BCUT2D eigenvalue weighted by molar-refractivity contribution is -0.153. The van der Waals surface area contributed by atoms with Crippen molar-refractivity contribution in [2.45, 2.75) is 47.5 Å². The molecule has 2 aromatic rings. The summed E-state index contributed by atoms with van der Waals surface area (Å²) in [5, 5.41) is 3.55. The molecule has 0 spiro atoms. The van der Waals surface area contributed by atoms with E-state index in [0.29, 0.717) is 41.1 Å². The Bertz CT molecular complexity index is 919. The third-order valence-electron chi connectivity index (χ3n) is 4.78. The number of carbonyl (C=O) groups is 2. The summed E-state index contributed by atoms with van der Waals surface area (Å²) < 4.78 is 15.9. The van der Waals surface area contributed by atoms with Crippen LogP contribution in [-0.2, 0) is 14.3 Å². The minimum absolute atomic E-state index is 0.181. The minimum atomic E-state index is -0.679. The van der Waals surface area contributed by atoms with Gasteiger partial charge in [-0.3, -0.25) is 9.59 Å². The van der Waals surface area contributed by atoms with Gasteiger partial charge in [-0.25, -0.2) is 9.97 Å². The number of aromatic nitrogens is 2. The van der Waals surface area contributed by atoms with Crippen molar-refractivity contribution < 1.29 is 23.8 Å². The Labute approximate surface area is 177 Å². The molecule has 0 saturated heterocycles. The van der Waals surface area contributed by atoms with Gasteiger partial charge in [0.25, 0.3) is 0 Å². The van der Waals surface area contributed by atoms with Crippen molar-refractivity contribution in [3.63, 3.8) is 0 Å². The van der Waals surface area contributed by atoms with E-state index < -0.39 is 10.8 Å². The van der Waals surface area contributed by atoms with Crippen LogP contribution in [0.2, 0.25) is 0 Å². The molecular formula is C22H31N3O5. The van der Waals surface area contributed by atoms with E-state index in [2.05, 4.69) is 15.3 Å². The molecular weight excluding hydrogens is 386 g/mol. The second kappa shape index (κ2) is 9.28. The van der Waals surface area contributed by atoms with Crippen molar-refractivity contribution in [2.75, 3.05) is 26.1 Å². The lowest BCUT2D eigenvalue weighted by Crippen LogP contribution is -2.31. The number of methoxy groups -OCH3 is 2. The Morgan fingerprint density at radius 1 is 1.00 bits per heavy atom. The fourth-order valence-corrected chi connectivity index (χ4v) is 2.77. The van der Waals surface area contributed by atoms with Gasteiger partial charge in [-0.05, 0) is 39.7 Å². The molecule has 1 aromatic carbocycles. The quantitative estimate of drug-likeness (QED) is 0.512. The monoisotopic (exact) mass is 417 g/mol. The number of hydrogen-bond acceptors (Lipinski definition) is 7. The van der Waals surface area contributed by atoms with Crippen LogP contribution < -0.4 is 14.8 Å². The van der Waals surface area contributed by atoms with E-state index in [1.54, 1.807) is 26.4 Å². The van der Waals surface area contributed by atoms with Crippen molar-refractivity contribution in [3.05, 3.63) is 18.5 Å². The van der Waals surface area contributed by atoms with Gasteiger partial charge in [-0.1, -0.05) is 13.8 Å². The van der Waals surface area contributed by atoms with Gasteiger partial charge in [0.1, 0.15) is 12.1 Å². The fraction of sp³-hybridized carbons (Fsp3) is 0.545. The Kier molecular flexibility index (Phi) is 7.23. The summed E-state index contributed by atoms with van der Waals surface area (Å²) in [4.78, 5) is 33.2. The molecule has 0 bridgehead atoms. The van der Waals surface area contributed by atoms with Crippen LogP contribution in [0.5, 0.6) is 11.5 Å². The highest BCUT2D eigenvalue weighted by molar-refractivity contribution is 6.02. The van der Waals surface area contributed by atoms with Crippen molar-refractivity contribution in [3.8, 4) is 11.5 Å². The molecule has 0 atom stereocenters. The third-order valence-corrected chi connectivity index (χ3v) is 4.78. The first-order chi connectivity index (χ1) is 14.0. The molecule has 2 rings (SSSR count). The van der Waals surface area contributed by atoms with Crippen molar-refractivity contribution in [2.24, 2.45) is 10.8 Å². The summed E-state index contributed by atoms with van der Waals surface area (Å²) in [5.74, 6) is 1.04. The molecule has 8 nitrogen and oxygen atoms in total. The Morgan fingerprint density at radius 2 is 1.63 bits per heavy atom. The van der Waals surface area contributed by atoms with Gasteiger partial charge in [0.05, 0.1) is 31.8 Å². The zero-order valence-electron chi connectivity index (χ0n) is 18.8. The molecule has 0 unspecified atom stereocenters. The van der Waals surface area contributed by atoms with Gasteiger partial charge in [-0.15, -0.1) is 0 Å². The van der Waals surface area contributed by atoms with Crippen LogP contribution in [0.25, 0.3) is 10.9 Å². The Morgan fingerprint density at radius 3 is 2.23 bits per heavy atom. The molecule has 1 amide bonds. The van der Waals surface area contributed by atoms with E-state index in [9.17, 15) is 9.59 Å². The zero-order chi connectivity index (χ0) is 22.5.